The van der Waals surface area contributed by atoms with E-state index < -0.39 is 15.9 Å². The number of carbonyl (C=O) groups is 1. The molecule has 1 fully saturated rings. The molecule has 0 saturated heterocycles. The molecular weight excluding hydrogens is 522 g/mol. The number of amides is 1. The first kappa shape index (κ1) is 24.1. The van der Waals surface area contributed by atoms with Gasteiger partial charge in [0.05, 0.1) is 15.1 Å². The number of fused-ring (bicyclic) bond motifs is 1. The van der Waals surface area contributed by atoms with Crippen LogP contribution in [0.4, 0.5) is 0 Å². The van der Waals surface area contributed by atoms with Crippen molar-refractivity contribution in [2.45, 2.75) is 49.6 Å². The Kier molecular flexibility index (Phi) is 7.33. The molecule has 1 aliphatic rings. The van der Waals surface area contributed by atoms with Crippen molar-refractivity contribution >= 4 is 53.4 Å². The Bertz CT molecular complexity index is 1350. The Morgan fingerprint density at radius 1 is 1.21 bits per heavy atom. The van der Waals surface area contributed by atoms with E-state index in [1.165, 1.54) is 39.9 Å². The fourth-order valence-electron chi connectivity index (χ4n) is 4.17. The second kappa shape index (κ2) is 10.0. The number of nitrogens with zero attached hydrogens (tertiary/aromatic N) is 3. The lowest BCUT2D eigenvalue weighted by molar-refractivity contribution is 0.0997. The number of aromatic nitrogens is 1. The summed E-state index contributed by atoms with van der Waals surface area (Å²) >= 11 is 4.90. The van der Waals surface area contributed by atoms with Crippen molar-refractivity contribution in [2.24, 2.45) is 4.99 Å². The minimum Gasteiger partial charge on any atom is -0.312 e. The van der Waals surface area contributed by atoms with Crippen LogP contribution < -0.4 is 4.80 Å². The summed E-state index contributed by atoms with van der Waals surface area (Å²) < 4.78 is 31.5. The normalized spacial score (nSPS) is 15.9. The Morgan fingerprint density at radius 3 is 2.58 bits per heavy atom. The molecule has 33 heavy (non-hydrogen) atoms. The van der Waals surface area contributed by atoms with E-state index in [4.69, 9.17) is 0 Å². The first-order valence-corrected chi connectivity index (χ1v) is 13.9. The zero-order valence-electron chi connectivity index (χ0n) is 18.4. The zero-order chi connectivity index (χ0) is 23.6. The standard InChI is InChI=1S/C24H26BrN3O3S2/c1-3-15-28-21-14-11-18(25)16-22(21)32-24(28)26-23(29)17-9-12-20(13-10-17)33(30,31)27(2)19-7-5-4-6-8-19/h3,9-14,16,19H,1,4-8,15H2,2H3. The van der Waals surface area contributed by atoms with E-state index in [-0.39, 0.29) is 10.9 Å². The summed E-state index contributed by atoms with van der Waals surface area (Å²) in [4.78, 5) is 18.0. The summed E-state index contributed by atoms with van der Waals surface area (Å²) in [5, 5.41) is 0. The molecule has 0 atom stereocenters. The zero-order valence-corrected chi connectivity index (χ0v) is 21.6. The van der Waals surface area contributed by atoms with Gasteiger partial charge < -0.3 is 4.57 Å². The molecule has 1 saturated carbocycles. The average Bonchev–Trinajstić information content (AvgIpc) is 3.15. The highest BCUT2D eigenvalue weighted by Gasteiger charge is 2.29. The maximum absolute atomic E-state index is 13.0. The van der Waals surface area contributed by atoms with E-state index in [0.29, 0.717) is 16.9 Å². The summed E-state index contributed by atoms with van der Waals surface area (Å²) in [7, 11) is -1.95. The molecular formula is C24H26BrN3O3S2. The van der Waals surface area contributed by atoms with Crippen molar-refractivity contribution in [3.05, 3.63) is 70.0 Å². The largest absolute Gasteiger partial charge is 0.312 e. The van der Waals surface area contributed by atoms with Gasteiger partial charge in [-0.3, -0.25) is 4.79 Å². The van der Waals surface area contributed by atoms with Crippen LogP contribution in [0.3, 0.4) is 0 Å². The second-order valence-electron chi connectivity index (χ2n) is 8.15. The fraction of sp³-hybridized carbons (Fsp3) is 0.333. The first-order valence-electron chi connectivity index (χ1n) is 10.9. The summed E-state index contributed by atoms with van der Waals surface area (Å²) in [6.07, 6.45) is 6.82. The van der Waals surface area contributed by atoms with Gasteiger partial charge in [-0.25, -0.2) is 8.42 Å². The van der Waals surface area contributed by atoms with E-state index in [1.54, 1.807) is 13.1 Å². The van der Waals surface area contributed by atoms with E-state index in [0.717, 1.165) is 46.8 Å². The number of sulfonamides is 1. The Labute approximate surface area is 206 Å². The molecule has 0 unspecified atom stereocenters. The van der Waals surface area contributed by atoms with Crippen molar-refractivity contribution < 1.29 is 13.2 Å². The molecule has 174 valence electrons. The summed E-state index contributed by atoms with van der Waals surface area (Å²) in [5.41, 5.74) is 1.32. The third-order valence-electron chi connectivity index (χ3n) is 6.02. The van der Waals surface area contributed by atoms with Crippen molar-refractivity contribution in [2.75, 3.05) is 7.05 Å². The van der Waals surface area contributed by atoms with Crippen LogP contribution >= 0.6 is 27.3 Å². The molecule has 1 aromatic heterocycles. The van der Waals surface area contributed by atoms with Crippen LogP contribution in [0, 0.1) is 0 Å². The fourth-order valence-corrected chi connectivity index (χ4v) is 7.17. The predicted molar refractivity (Wildman–Crippen MR) is 136 cm³/mol. The molecule has 4 rings (SSSR count). The van der Waals surface area contributed by atoms with Gasteiger partial charge in [0.15, 0.2) is 4.80 Å². The van der Waals surface area contributed by atoms with Crippen molar-refractivity contribution in [1.82, 2.24) is 8.87 Å². The van der Waals surface area contributed by atoms with Gasteiger partial charge in [0, 0.05) is 29.7 Å². The molecule has 0 spiro atoms. The quantitative estimate of drug-likeness (QED) is 0.390. The molecule has 0 radical (unpaired) electrons. The minimum atomic E-state index is -3.60. The van der Waals surface area contributed by atoms with E-state index in [2.05, 4.69) is 27.5 Å². The minimum absolute atomic E-state index is 0.0355. The predicted octanol–water partition coefficient (Wildman–Crippen LogP) is 5.35. The lowest BCUT2D eigenvalue weighted by atomic mass is 9.96. The topological polar surface area (TPSA) is 71.7 Å². The van der Waals surface area contributed by atoms with Gasteiger partial charge in [0.1, 0.15) is 0 Å². The smallest absolute Gasteiger partial charge is 0.279 e. The van der Waals surface area contributed by atoms with Crippen LogP contribution in [0.25, 0.3) is 10.2 Å². The summed E-state index contributed by atoms with van der Waals surface area (Å²) in [5.74, 6) is -0.414. The van der Waals surface area contributed by atoms with Crippen molar-refractivity contribution in [1.29, 1.82) is 0 Å². The third kappa shape index (κ3) is 5.06. The highest BCUT2D eigenvalue weighted by atomic mass is 79.9. The van der Waals surface area contributed by atoms with E-state index >= 15 is 0 Å². The average molecular weight is 549 g/mol. The molecule has 0 N–H and O–H groups in total. The van der Waals surface area contributed by atoms with Gasteiger partial charge in [0.2, 0.25) is 10.0 Å². The van der Waals surface area contributed by atoms with E-state index in [9.17, 15) is 13.2 Å². The van der Waals surface area contributed by atoms with Crippen LogP contribution in [-0.4, -0.2) is 36.3 Å². The molecule has 1 heterocycles. The number of hydrogen-bond donors (Lipinski definition) is 0. The van der Waals surface area contributed by atoms with Gasteiger partial charge >= 0.3 is 0 Å². The third-order valence-corrected chi connectivity index (χ3v) is 9.48. The van der Waals surface area contributed by atoms with Gasteiger partial charge in [-0.15, -0.1) is 6.58 Å². The molecule has 0 bridgehead atoms. The number of hydrogen-bond acceptors (Lipinski definition) is 4. The molecule has 9 heteroatoms. The van der Waals surface area contributed by atoms with Gasteiger partial charge in [-0.05, 0) is 55.3 Å². The van der Waals surface area contributed by atoms with Crippen molar-refractivity contribution in [3.8, 4) is 0 Å². The number of benzene rings is 2. The Morgan fingerprint density at radius 2 is 1.91 bits per heavy atom. The lowest BCUT2D eigenvalue weighted by Crippen LogP contribution is -2.38. The number of rotatable bonds is 6. The molecule has 1 amide bonds. The SMILES string of the molecule is C=CCn1c(=NC(=O)c2ccc(S(=O)(=O)N(C)C3CCCCC3)cc2)sc2cc(Br)ccc21. The van der Waals surface area contributed by atoms with Gasteiger partial charge in [-0.1, -0.05) is 52.6 Å². The van der Waals surface area contributed by atoms with Crippen molar-refractivity contribution in [3.63, 3.8) is 0 Å². The van der Waals surface area contributed by atoms with Gasteiger partial charge in [0.25, 0.3) is 5.91 Å². The molecule has 2 aromatic carbocycles. The molecule has 0 aliphatic heterocycles. The number of halogens is 1. The van der Waals surface area contributed by atoms with Gasteiger partial charge in [-0.2, -0.15) is 9.30 Å². The number of allylic oxidation sites excluding steroid dienone is 1. The maximum Gasteiger partial charge on any atom is 0.279 e. The Balaban J connectivity index is 1.62. The number of carbonyl (C=O) groups excluding carboxylic acids is 1. The highest BCUT2D eigenvalue weighted by Crippen LogP contribution is 2.27. The second-order valence-corrected chi connectivity index (χ2v) is 12.1. The van der Waals surface area contributed by atoms with Crippen LogP contribution in [0.2, 0.25) is 0 Å². The van der Waals surface area contributed by atoms with Crippen LogP contribution in [0.1, 0.15) is 42.5 Å². The lowest BCUT2D eigenvalue weighted by Gasteiger charge is -2.30. The molecule has 6 nitrogen and oxygen atoms in total. The monoisotopic (exact) mass is 547 g/mol. The van der Waals surface area contributed by atoms with Crippen LogP contribution in [0.15, 0.2) is 69.5 Å². The summed E-state index contributed by atoms with van der Waals surface area (Å²) in [6.45, 7) is 4.33. The molecule has 3 aromatic rings. The first-order chi connectivity index (χ1) is 15.8. The van der Waals surface area contributed by atoms with E-state index in [1.807, 2.05) is 22.8 Å². The maximum atomic E-state index is 13.0. The molecule has 1 aliphatic carbocycles. The summed E-state index contributed by atoms with van der Waals surface area (Å²) in [6, 6.07) is 12.0. The van der Waals surface area contributed by atoms with Crippen LogP contribution in [0.5, 0.6) is 0 Å². The highest BCUT2D eigenvalue weighted by molar-refractivity contribution is 9.10. The number of thiazole rings is 1. The van der Waals surface area contributed by atoms with Crippen LogP contribution in [-0.2, 0) is 16.6 Å². The Hall–Kier alpha value is -2.07.